The largest absolute Gasteiger partial charge is 0.383 e. The van der Waals surface area contributed by atoms with E-state index in [-0.39, 0.29) is 17.7 Å². The number of rotatable bonds is 10. The SMILES string of the molecule is COCCN1C[C@H](CNC(=O)c2cn(CCCc3ccccc3)nn2)CC1=O. The smallest absolute Gasteiger partial charge is 0.273 e. The minimum atomic E-state index is -0.253. The number of hydrogen-bond acceptors (Lipinski definition) is 5. The summed E-state index contributed by atoms with van der Waals surface area (Å²) in [5, 5.41) is 10.9. The molecule has 3 rings (SSSR count). The van der Waals surface area contributed by atoms with Crippen LogP contribution < -0.4 is 5.32 Å². The van der Waals surface area contributed by atoms with Crippen molar-refractivity contribution in [1.29, 1.82) is 0 Å². The predicted molar refractivity (Wildman–Crippen MR) is 104 cm³/mol. The Bertz CT molecular complexity index is 777. The molecule has 1 fully saturated rings. The van der Waals surface area contributed by atoms with Crippen molar-refractivity contribution < 1.29 is 14.3 Å². The van der Waals surface area contributed by atoms with Gasteiger partial charge in [-0.05, 0) is 18.4 Å². The molecule has 8 nitrogen and oxygen atoms in total. The van der Waals surface area contributed by atoms with Crippen LogP contribution in [0.15, 0.2) is 36.5 Å². The molecule has 1 aromatic carbocycles. The van der Waals surface area contributed by atoms with E-state index < -0.39 is 0 Å². The first-order valence-electron chi connectivity index (χ1n) is 9.64. The van der Waals surface area contributed by atoms with Gasteiger partial charge in [-0.2, -0.15) is 0 Å². The van der Waals surface area contributed by atoms with Crippen molar-refractivity contribution in [3.05, 3.63) is 47.8 Å². The zero-order chi connectivity index (χ0) is 19.8. The molecule has 0 aliphatic carbocycles. The van der Waals surface area contributed by atoms with Crippen molar-refractivity contribution in [1.82, 2.24) is 25.2 Å². The van der Waals surface area contributed by atoms with Crippen molar-refractivity contribution in [2.75, 3.05) is 33.4 Å². The van der Waals surface area contributed by atoms with E-state index in [1.165, 1.54) is 5.56 Å². The molecule has 0 spiro atoms. The molecule has 1 aliphatic rings. The minimum absolute atomic E-state index is 0.112. The zero-order valence-electron chi connectivity index (χ0n) is 16.2. The van der Waals surface area contributed by atoms with Crippen LogP contribution >= 0.6 is 0 Å². The van der Waals surface area contributed by atoms with Crippen LogP contribution in [-0.4, -0.2) is 65.1 Å². The van der Waals surface area contributed by atoms with Crippen LogP contribution in [0.4, 0.5) is 0 Å². The molecule has 1 aliphatic heterocycles. The lowest BCUT2D eigenvalue weighted by molar-refractivity contribution is -0.128. The lowest BCUT2D eigenvalue weighted by Gasteiger charge is -2.15. The molecular formula is C20H27N5O3. The van der Waals surface area contributed by atoms with Crippen molar-refractivity contribution >= 4 is 11.8 Å². The van der Waals surface area contributed by atoms with E-state index in [1.54, 1.807) is 22.9 Å². The summed E-state index contributed by atoms with van der Waals surface area (Å²) in [5.74, 6) is -0.0213. The predicted octanol–water partition coefficient (Wildman–Crippen LogP) is 1.14. The molecule has 8 heteroatoms. The molecule has 1 N–H and O–H groups in total. The van der Waals surface area contributed by atoms with E-state index in [4.69, 9.17) is 4.74 Å². The highest BCUT2D eigenvalue weighted by molar-refractivity contribution is 5.91. The van der Waals surface area contributed by atoms with Gasteiger partial charge in [0.2, 0.25) is 5.91 Å². The third-order valence-electron chi connectivity index (χ3n) is 4.88. The molecule has 1 saturated heterocycles. The average Bonchev–Trinajstić information content (AvgIpc) is 3.32. The van der Waals surface area contributed by atoms with E-state index >= 15 is 0 Å². The van der Waals surface area contributed by atoms with Gasteiger partial charge in [0.05, 0.1) is 12.8 Å². The number of amides is 2. The maximum Gasteiger partial charge on any atom is 0.273 e. The van der Waals surface area contributed by atoms with E-state index in [0.29, 0.717) is 44.9 Å². The van der Waals surface area contributed by atoms with Gasteiger partial charge in [0.15, 0.2) is 5.69 Å². The summed E-state index contributed by atoms with van der Waals surface area (Å²) in [7, 11) is 1.62. The quantitative estimate of drug-likeness (QED) is 0.662. The molecule has 150 valence electrons. The fraction of sp³-hybridized carbons (Fsp3) is 0.500. The number of nitrogens with zero attached hydrogens (tertiary/aromatic N) is 4. The summed E-state index contributed by atoms with van der Waals surface area (Å²) in [4.78, 5) is 26.0. The normalized spacial score (nSPS) is 16.5. The Morgan fingerprint density at radius 1 is 1.29 bits per heavy atom. The molecule has 0 radical (unpaired) electrons. The van der Waals surface area contributed by atoms with Gasteiger partial charge < -0.3 is 15.0 Å². The number of ether oxygens (including phenoxy) is 1. The van der Waals surface area contributed by atoms with Crippen molar-refractivity contribution in [3.63, 3.8) is 0 Å². The van der Waals surface area contributed by atoms with Gasteiger partial charge in [0.25, 0.3) is 5.91 Å². The topological polar surface area (TPSA) is 89.3 Å². The monoisotopic (exact) mass is 385 g/mol. The number of hydrogen-bond donors (Lipinski definition) is 1. The summed E-state index contributed by atoms with van der Waals surface area (Å²) in [6.45, 7) is 2.93. The van der Waals surface area contributed by atoms with Crippen LogP contribution in [0.3, 0.4) is 0 Å². The highest BCUT2D eigenvalue weighted by Crippen LogP contribution is 2.16. The number of nitrogens with one attached hydrogen (secondary N) is 1. The van der Waals surface area contributed by atoms with Crippen LogP contribution in [0.2, 0.25) is 0 Å². The van der Waals surface area contributed by atoms with Gasteiger partial charge in [-0.1, -0.05) is 35.5 Å². The standard InChI is InChI=1S/C20H27N5O3/c1-28-11-10-24-14-17(12-19(24)26)13-21-20(27)18-15-25(23-22-18)9-5-8-16-6-3-2-4-7-16/h2-4,6-7,15,17H,5,8-14H2,1H3,(H,21,27)/t17-/m0/s1. The summed E-state index contributed by atoms with van der Waals surface area (Å²) in [6, 6.07) is 10.3. The second kappa shape index (κ2) is 9.98. The number of carbonyl (C=O) groups excluding carboxylic acids is 2. The summed E-state index contributed by atoms with van der Waals surface area (Å²) >= 11 is 0. The highest BCUT2D eigenvalue weighted by Gasteiger charge is 2.29. The Morgan fingerprint density at radius 3 is 2.89 bits per heavy atom. The van der Waals surface area contributed by atoms with E-state index in [1.807, 2.05) is 18.2 Å². The van der Waals surface area contributed by atoms with Crippen LogP contribution in [0, 0.1) is 5.92 Å². The first-order valence-corrected chi connectivity index (χ1v) is 9.64. The molecule has 1 atom stereocenters. The molecule has 0 saturated carbocycles. The number of benzene rings is 1. The highest BCUT2D eigenvalue weighted by atomic mass is 16.5. The van der Waals surface area contributed by atoms with Gasteiger partial charge in [0, 0.05) is 45.6 Å². The molecular weight excluding hydrogens is 358 g/mol. The Hall–Kier alpha value is -2.74. The van der Waals surface area contributed by atoms with Crippen LogP contribution in [-0.2, 0) is 22.5 Å². The second-order valence-corrected chi connectivity index (χ2v) is 7.07. The number of likely N-dealkylation sites (tertiary alicyclic amines) is 1. The fourth-order valence-electron chi connectivity index (χ4n) is 3.34. The van der Waals surface area contributed by atoms with Gasteiger partial charge >= 0.3 is 0 Å². The Labute approximate surface area is 164 Å². The number of aromatic nitrogens is 3. The average molecular weight is 385 g/mol. The lowest BCUT2D eigenvalue weighted by Crippen LogP contribution is -2.32. The second-order valence-electron chi connectivity index (χ2n) is 7.07. The van der Waals surface area contributed by atoms with Gasteiger partial charge in [-0.3, -0.25) is 14.3 Å². The first kappa shape index (κ1) is 20.0. The van der Waals surface area contributed by atoms with Crippen molar-refractivity contribution in [2.24, 2.45) is 5.92 Å². The van der Waals surface area contributed by atoms with Gasteiger partial charge in [-0.25, -0.2) is 0 Å². The summed E-state index contributed by atoms with van der Waals surface area (Å²) in [5.41, 5.74) is 1.59. The lowest BCUT2D eigenvalue weighted by atomic mass is 10.1. The molecule has 28 heavy (non-hydrogen) atoms. The van der Waals surface area contributed by atoms with E-state index in [2.05, 4.69) is 27.8 Å². The number of methoxy groups -OCH3 is 1. The zero-order valence-corrected chi connectivity index (χ0v) is 16.2. The maximum absolute atomic E-state index is 12.3. The van der Waals surface area contributed by atoms with Crippen molar-refractivity contribution in [3.8, 4) is 0 Å². The van der Waals surface area contributed by atoms with Crippen molar-refractivity contribution in [2.45, 2.75) is 25.8 Å². The Kier molecular flexibility index (Phi) is 7.13. The maximum atomic E-state index is 12.3. The summed E-state index contributed by atoms with van der Waals surface area (Å²) < 4.78 is 6.72. The molecule has 0 unspecified atom stereocenters. The van der Waals surface area contributed by atoms with Crippen LogP contribution in [0.25, 0.3) is 0 Å². The summed E-state index contributed by atoms with van der Waals surface area (Å²) in [6.07, 6.45) is 4.01. The minimum Gasteiger partial charge on any atom is -0.383 e. The fourth-order valence-corrected chi connectivity index (χ4v) is 3.34. The Morgan fingerprint density at radius 2 is 2.11 bits per heavy atom. The van der Waals surface area contributed by atoms with E-state index in [9.17, 15) is 9.59 Å². The van der Waals surface area contributed by atoms with Gasteiger partial charge in [-0.15, -0.1) is 5.10 Å². The Balaban J connectivity index is 1.40. The molecule has 2 aromatic rings. The third kappa shape index (κ3) is 5.63. The molecule has 1 aromatic heterocycles. The first-order chi connectivity index (χ1) is 13.7. The van der Waals surface area contributed by atoms with E-state index in [0.717, 1.165) is 12.8 Å². The number of aryl methyl sites for hydroxylation is 2. The third-order valence-corrected chi connectivity index (χ3v) is 4.88. The van der Waals surface area contributed by atoms with Gasteiger partial charge in [0.1, 0.15) is 0 Å². The molecule has 2 amide bonds. The molecule has 0 bridgehead atoms. The number of carbonyl (C=O) groups is 2. The molecule has 2 heterocycles. The van der Waals surface area contributed by atoms with Crippen LogP contribution in [0.5, 0.6) is 0 Å². The van der Waals surface area contributed by atoms with Crippen LogP contribution in [0.1, 0.15) is 28.9 Å².